The van der Waals surface area contributed by atoms with Gasteiger partial charge in [-0.3, -0.25) is 9.59 Å². The Balaban J connectivity index is 2.01. The van der Waals surface area contributed by atoms with E-state index in [4.69, 9.17) is 14.2 Å². The Morgan fingerprint density at radius 2 is 1.64 bits per heavy atom. The second-order valence-corrected chi connectivity index (χ2v) is 7.99. The fraction of sp³-hybridized carbons (Fsp3) is 0.462. The third-order valence-corrected chi connectivity index (χ3v) is 5.52. The molecule has 1 N–H and O–H groups in total. The summed E-state index contributed by atoms with van der Waals surface area (Å²) in [6.07, 6.45) is 1.64. The SMILES string of the molecule is CCC(C)NC(=O)C(C)N(Cc1cccc(OC)c1)C(=O)CCCOc1ccc(OC)cc1. The summed E-state index contributed by atoms with van der Waals surface area (Å²) >= 11 is 0. The molecule has 2 aromatic rings. The van der Waals surface area contributed by atoms with Crippen molar-refractivity contribution in [3.63, 3.8) is 0 Å². The second-order valence-electron chi connectivity index (χ2n) is 7.99. The highest BCUT2D eigenvalue weighted by molar-refractivity contribution is 5.87. The summed E-state index contributed by atoms with van der Waals surface area (Å²) in [5.74, 6) is 1.94. The molecular formula is C26H36N2O5. The Morgan fingerprint density at radius 3 is 2.27 bits per heavy atom. The molecule has 7 nitrogen and oxygen atoms in total. The topological polar surface area (TPSA) is 77.1 Å². The van der Waals surface area contributed by atoms with Crippen LogP contribution in [0.3, 0.4) is 0 Å². The molecule has 0 fully saturated rings. The molecule has 2 aromatic carbocycles. The number of nitrogens with one attached hydrogen (secondary N) is 1. The van der Waals surface area contributed by atoms with E-state index in [-0.39, 0.29) is 24.3 Å². The fourth-order valence-electron chi connectivity index (χ4n) is 3.24. The van der Waals surface area contributed by atoms with Crippen molar-refractivity contribution in [2.75, 3.05) is 20.8 Å². The van der Waals surface area contributed by atoms with Crippen molar-refractivity contribution in [2.24, 2.45) is 0 Å². The fourth-order valence-corrected chi connectivity index (χ4v) is 3.24. The van der Waals surface area contributed by atoms with Crippen LogP contribution in [0.2, 0.25) is 0 Å². The first-order valence-corrected chi connectivity index (χ1v) is 11.4. The number of nitrogens with zero attached hydrogens (tertiary/aromatic N) is 1. The average Bonchev–Trinajstić information content (AvgIpc) is 2.84. The van der Waals surface area contributed by atoms with Gasteiger partial charge in [0.05, 0.1) is 20.8 Å². The summed E-state index contributed by atoms with van der Waals surface area (Å²) in [6, 6.07) is 14.3. The standard InChI is InChI=1S/C26H36N2O5/c1-6-19(2)27-26(30)20(3)28(18-21-9-7-10-24(17-21)32-5)25(29)11-8-16-33-23-14-12-22(31-4)13-15-23/h7,9-10,12-15,17,19-20H,6,8,11,16,18H2,1-5H3,(H,27,30). The van der Waals surface area contributed by atoms with Gasteiger partial charge in [0.2, 0.25) is 11.8 Å². The van der Waals surface area contributed by atoms with E-state index in [1.807, 2.05) is 62.4 Å². The molecule has 0 aliphatic rings. The maximum Gasteiger partial charge on any atom is 0.242 e. The summed E-state index contributed by atoms with van der Waals surface area (Å²) in [5.41, 5.74) is 0.903. The van der Waals surface area contributed by atoms with Crippen molar-refractivity contribution in [2.45, 2.75) is 58.7 Å². The monoisotopic (exact) mass is 456 g/mol. The lowest BCUT2D eigenvalue weighted by atomic mass is 10.1. The molecule has 2 rings (SSSR count). The zero-order valence-electron chi connectivity index (χ0n) is 20.3. The van der Waals surface area contributed by atoms with Gasteiger partial charge in [-0.15, -0.1) is 0 Å². The van der Waals surface area contributed by atoms with Crippen LogP contribution >= 0.6 is 0 Å². The van der Waals surface area contributed by atoms with E-state index in [2.05, 4.69) is 5.32 Å². The van der Waals surface area contributed by atoms with E-state index >= 15 is 0 Å². The maximum atomic E-state index is 13.1. The van der Waals surface area contributed by atoms with Crippen LogP contribution in [0, 0.1) is 0 Å². The number of ether oxygens (including phenoxy) is 3. The predicted molar refractivity (Wildman–Crippen MR) is 129 cm³/mol. The van der Waals surface area contributed by atoms with Crippen LogP contribution in [0.15, 0.2) is 48.5 Å². The molecule has 0 aliphatic heterocycles. The van der Waals surface area contributed by atoms with Gasteiger partial charge in [-0.2, -0.15) is 0 Å². The van der Waals surface area contributed by atoms with Crippen molar-refractivity contribution < 1.29 is 23.8 Å². The van der Waals surface area contributed by atoms with Gasteiger partial charge in [0, 0.05) is 19.0 Å². The van der Waals surface area contributed by atoms with Gasteiger partial charge in [-0.25, -0.2) is 0 Å². The molecule has 2 amide bonds. The lowest BCUT2D eigenvalue weighted by Gasteiger charge is -2.30. The summed E-state index contributed by atoms with van der Waals surface area (Å²) in [5, 5.41) is 2.98. The Labute approximate surface area is 197 Å². The van der Waals surface area contributed by atoms with Gasteiger partial charge in [0.15, 0.2) is 0 Å². The van der Waals surface area contributed by atoms with Crippen LogP contribution in [0.1, 0.15) is 45.6 Å². The molecule has 2 atom stereocenters. The smallest absolute Gasteiger partial charge is 0.242 e. The third-order valence-electron chi connectivity index (χ3n) is 5.52. The Morgan fingerprint density at radius 1 is 0.970 bits per heavy atom. The Bertz CT molecular complexity index is 885. The summed E-state index contributed by atoms with van der Waals surface area (Å²) in [4.78, 5) is 27.5. The van der Waals surface area contributed by atoms with E-state index < -0.39 is 6.04 Å². The van der Waals surface area contributed by atoms with Gasteiger partial charge >= 0.3 is 0 Å². The first-order valence-electron chi connectivity index (χ1n) is 11.4. The van der Waals surface area contributed by atoms with Gasteiger partial charge in [0.1, 0.15) is 23.3 Å². The zero-order chi connectivity index (χ0) is 24.2. The molecule has 0 bridgehead atoms. The number of carbonyl (C=O) groups is 2. The minimum Gasteiger partial charge on any atom is -0.497 e. The number of rotatable bonds is 13. The van der Waals surface area contributed by atoms with Crippen LogP contribution in [0.4, 0.5) is 0 Å². The Kier molecular flexibility index (Phi) is 10.5. The third kappa shape index (κ3) is 8.33. The number of methoxy groups -OCH3 is 2. The van der Waals surface area contributed by atoms with Gasteiger partial charge in [0.25, 0.3) is 0 Å². The minimum atomic E-state index is -0.597. The highest BCUT2D eigenvalue weighted by Gasteiger charge is 2.26. The highest BCUT2D eigenvalue weighted by atomic mass is 16.5. The van der Waals surface area contributed by atoms with Crippen molar-refractivity contribution in [1.82, 2.24) is 10.2 Å². The van der Waals surface area contributed by atoms with E-state index in [0.29, 0.717) is 25.3 Å². The first-order chi connectivity index (χ1) is 15.9. The molecule has 180 valence electrons. The van der Waals surface area contributed by atoms with E-state index in [9.17, 15) is 9.59 Å². The van der Waals surface area contributed by atoms with Crippen molar-refractivity contribution in [1.29, 1.82) is 0 Å². The molecule has 33 heavy (non-hydrogen) atoms. The van der Waals surface area contributed by atoms with E-state index in [1.54, 1.807) is 26.0 Å². The molecule has 0 spiro atoms. The quantitative estimate of drug-likeness (QED) is 0.457. The van der Waals surface area contributed by atoms with Crippen LogP contribution in [0.5, 0.6) is 17.2 Å². The minimum absolute atomic E-state index is 0.0478. The van der Waals surface area contributed by atoms with Crippen molar-refractivity contribution in [3.8, 4) is 17.2 Å². The summed E-state index contributed by atoms with van der Waals surface area (Å²) in [6.45, 7) is 6.46. The second kappa shape index (κ2) is 13.4. The largest absolute Gasteiger partial charge is 0.497 e. The van der Waals surface area contributed by atoms with E-state index in [0.717, 1.165) is 23.5 Å². The van der Waals surface area contributed by atoms with E-state index in [1.165, 1.54) is 0 Å². The molecule has 0 saturated carbocycles. The molecule has 0 heterocycles. The molecule has 0 aromatic heterocycles. The van der Waals surface area contributed by atoms with Crippen LogP contribution in [-0.4, -0.2) is 49.6 Å². The summed E-state index contributed by atoms with van der Waals surface area (Å²) < 4.78 is 16.2. The Hall–Kier alpha value is -3.22. The van der Waals surface area contributed by atoms with Gasteiger partial charge in [-0.1, -0.05) is 19.1 Å². The summed E-state index contributed by atoms with van der Waals surface area (Å²) in [7, 11) is 3.22. The lowest BCUT2D eigenvalue weighted by Crippen LogP contribution is -2.49. The molecule has 0 radical (unpaired) electrons. The molecule has 0 aliphatic carbocycles. The number of hydrogen-bond donors (Lipinski definition) is 1. The molecule has 7 heteroatoms. The maximum absolute atomic E-state index is 13.1. The first kappa shape index (κ1) is 26.0. The average molecular weight is 457 g/mol. The molecular weight excluding hydrogens is 420 g/mol. The highest BCUT2D eigenvalue weighted by Crippen LogP contribution is 2.19. The predicted octanol–water partition coefficient (Wildman–Crippen LogP) is 4.19. The van der Waals surface area contributed by atoms with Crippen LogP contribution in [-0.2, 0) is 16.1 Å². The molecule has 2 unspecified atom stereocenters. The normalized spacial score (nSPS) is 12.4. The number of amides is 2. The van der Waals surface area contributed by atoms with Crippen molar-refractivity contribution in [3.05, 3.63) is 54.1 Å². The zero-order valence-corrected chi connectivity index (χ0v) is 20.3. The lowest BCUT2D eigenvalue weighted by molar-refractivity contribution is -0.141. The number of carbonyl (C=O) groups excluding carboxylic acids is 2. The number of hydrogen-bond acceptors (Lipinski definition) is 5. The van der Waals surface area contributed by atoms with Crippen molar-refractivity contribution >= 4 is 11.8 Å². The van der Waals surface area contributed by atoms with Gasteiger partial charge < -0.3 is 24.4 Å². The molecule has 0 saturated heterocycles. The number of benzene rings is 2. The van der Waals surface area contributed by atoms with Crippen LogP contribution < -0.4 is 19.5 Å². The van der Waals surface area contributed by atoms with Gasteiger partial charge in [-0.05, 0) is 68.7 Å². The van der Waals surface area contributed by atoms with Crippen LogP contribution in [0.25, 0.3) is 0 Å².